The molecule has 4 rings (SSSR count). The number of rotatable bonds is 5. The molecule has 8 heteroatoms. The summed E-state index contributed by atoms with van der Waals surface area (Å²) in [6, 6.07) is 15.1. The van der Waals surface area contributed by atoms with Crippen LogP contribution in [0.25, 0.3) is 0 Å². The van der Waals surface area contributed by atoms with Crippen LogP contribution < -0.4 is 21.0 Å². The number of hydrazone groups is 1. The number of primary amides is 1. The molecule has 0 saturated carbocycles. The van der Waals surface area contributed by atoms with E-state index in [0.29, 0.717) is 23.5 Å². The van der Waals surface area contributed by atoms with Crippen molar-refractivity contribution in [2.45, 2.75) is 32.6 Å². The van der Waals surface area contributed by atoms with Gasteiger partial charge in [-0.25, -0.2) is 5.01 Å². The lowest BCUT2D eigenvalue weighted by molar-refractivity contribution is -0.122. The summed E-state index contributed by atoms with van der Waals surface area (Å²) in [5.41, 5.74) is 9.10. The highest BCUT2D eigenvalue weighted by molar-refractivity contribution is 6.44. The van der Waals surface area contributed by atoms with E-state index in [9.17, 15) is 14.4 Å². The van der Waals surface area contributed by atoms with Crippen molar-refractivity contribution in [3.8, 4) is 0 Å². The fourth-order valence-corrected chi connectivity index (χ4v) is 4.06. The highest BCUT2D eigenvalue weighted by atomic mass is 16.2. The Bertz CT molecular complexity index is 1060. The Labute approximate surface area is 187 Å². The van der Waals surface area contributed by atoms with Gasteiger partial charge in [-0.05, 0) is 61.7 Å². The van der Waals surface area contributed by atoms with Gasteiger partial charge in [0.25, 0.3) is 5.91 Å². The lowest BCUT2D eigenvalue weighted by atomic mass is 9.96. The van der Waals surface area contributed by atoms with Crippen LogP contribution in [0.15, 0.2) is 53.6 Å². The summed E-state index contributed by atoms with van der Waals surface area (Å²) in [7, 11) is 0. The molecular weight excluding hydrogens is 406 g/mol. The third kappa shape index (κ3) is 4.80. The number of piperidine rings is 1. The van der Waals surface area contributed by atoms with Crippen LogP contribution in [0.5, 0.6) is 0 Å². The van der Waals surface area contributed by atoms with Gasteiger partial charge in [0.15, 0.2) is 0 Å². The molecule has 0 bridgehead atoms. The third-order valence-electron chi connectivity index (χ3n) is 5.93. The van der Waals surface area contributed by atoms with Gasteiger partial charge in [0.1, 0.15) is 5.71 Å². The number of nitrogens with one attached hydrogen (secondary N) is 1. The molecule has 166 valence electrons. The molecule has 3 amide bonds. The number of carbonyl (C=O) groups is 3. The Kier molecular flexibility index (Phi) is 6.20. The monoisotopic (exact) mass is 433 g/mol. The Morgan fingerprint density at radius 3 is 2.41 bits per heavy atom. The molecule has 2 aliphatic heterocycles. The van der Waals surface area contributed by atoms with Gasteiger partial charge >= 0.3 is 0 Å². The number of nitrogens with zero attached hydrogens (tertiary/aromatic N) is 3. The van der Waals surface area contributed by atoms with Gasteiger partial charge in [-0.3, -0.25) is 14.4 Å². The number of amides is 3. The van der Waals surface area contributed by atoms with E-state index < -0.39 is 0 Å². The predicted octanol–water partition coefficient (Wildman–Crippen LogP) is 2.82. The zero-order valence-corrected chi connectivity index (χ0v) is 18.1. The third-order valence-corrected chi connectivity index (χ3v) is 5.93. The van der Waals surface area contributed by atoms with E-state index in [0.717, 1.165) is 37.2 Å². The largest absolute Gasteiger partial charge is 0.371 e. The van der Waals surface area contributed by atoms with Gasteiger partial charge in [0.05, 0.1) is 5.69 Å². The van der Waals surface area contributed by atoms with Gasteiger partial charge in [0.2, 0.25) is 11.8 Å². The molecule has 1 saturated heterocycles. The summed E-state index contributed by atoms with van der Waals surface area (Å²) in [5.74, 6) is -0.717. The molecule has 8 nitrogen and oxygen atoms in total. The molecule has 0 radical (unpaired) electrons. The SMILES string of the molecule is Cc1cccc(N2N=C(C(=O)Nc3ccc(N4CCC(C(N)=O)CC4)cc3)CCC2=O)c1. The molecule has 0 unspecified atom stereocenters. The maximum absolute atomic E-state index is 12.8. The molecule has 3 N–H and O–H groups in total. The number of hydrogen-bond acceptors (Lipinski definition) is 5. The number of benzene rings is 2. The highest BCUT2D eigenvalue weighted by Crippen LogP contribution is 2.25. The topological polar surface area (TPSA) is 108 Å². The Morgan fingerprint density at radius 1 is 1.03 bits per heavy atom. The van der Waals surface area contributed by atoms with Gasteiger partial charge in [-0.2, -0.15) is 5.10 Å². The Hall–Kier alpha value is -3.68. The van der Waals surface area contributed by atoms with Crippen LogP contribution in [0.4, 0.5) is 17.1 Å². The van der Waals surface area contributed by atoms with Crippen molar-refractivity contribution in [3.05, 3.63) is 54.1 Å². The number of aryl methyl sites for hydroxylation is 1. The average molecular weight is 434 g/mol. The smallest absolute Gasteiger partial charge is 0.271 e. The molecule has 0 atom stereocenters. The lowest BCUT2D eigenvalue weighted by Crippen LogP contribution is -2.38. The first-order valence-electron chi connectivity index (χ1n) is 10.8. The minimum atomic E-state index is -0.315. The van der Waals surface area contributed by atoms with Crippen LogP contribution in [0.2, 0.25) is 0 Å². The van der Waals surface area contributed by atoms with Crippen LogP contribution in [0.1, 0.15) is 31.2 Å². The van der Waals surface area contributed by atoms with Crippen molar-refractivity contribution in [2.75, 3.05) is 28.3 Å². The van der Waals surface area contributed by atoms with Gasteiger partial charge in [-0.15, -0.1) is 0 Å². The van der Waals surface area contributed by atoms with Gasteiger partial charge < -0.3 is 16.0 Å². The fraction of sp³-hybridized carbons (Fsp3) is 0.333. The predicted molar refractivity (Wildman–Crippen MR) is 125 cm³/mol. The van der Waals surface area contributed by atoms with Crippen molar-refractivity contribution < 1.29 is 14.4 Å². The van der Waals surface area contributed by atoms with Crippen LogP contribution in [-0.2, 0) is 14.4 Å². The maximum atomic E-state index is 12.8. The first-order valence-corrected chi connectivity index (χ1v) is 10.8. The zero-order chi connectivity index (χ0) is 22.7. The fourth-order valence-electron chi connectivity index (χ4n) is 4.06. The minimum absolute atomic E-state index is 0.0488. The second-order valence-corrected chi connectivity index (χ2v) is 8.26. The normalized spacial score (nSPS) is 17.2. The van der Waals surface area contributed by atoms with Crippen LogP contribution >= 0.6 is 0 Å². The van der Waals surface area contributed by atoms with Crippen LogP contribution in [0.3, 0.4) is 0 Å². The Morgan fingerprint density at radius 2 is 1.75 bits per heavy atom. The van der Waals surface area contributed by atoms with Gasteiger partial charge in [-0.1, -0.05) is 12.1 Å². The molecule has 0 aromatic heterocycles. The molecule has 1 fully saturated rings. The molecule has 2 aromatic rings. The molecule has 2 heterocycles. The first kappa shape index (κ1) is 21.5. The van der Waals surface area contributed by atoms with E-state index in [2.05, 4.69) is 15.3 Å². The van der Waals surface area contributed by atoms with Crippen LogP contribution in [-0.4, -0.2) is 36.5 Å². The van der Waals surface area contributed by atoms with E-state index >= 15 is 0 Å². The quantitative estimate of drug-likeness (QED) is 0.756. The Balaban J connectivity index is 1.41. The highest BCUT2D eigenvalue weighted by Gasteiger charge is 2.26. The van der Waals surface area contributed by atoms with Crippen LogP contribution in [0, 0.1) is 12.8 Å². The summed E-state index contributed by atoms with van der Waals surface area (Å²) >= 11 is 0. The summed E-state index contributed by atoms with van der Waals surface area (Å²) in [5, 5.41) is 8.51. The van der Waals surface area contributed by atoms with Crippen molar-refractivity contribution in [1.82, 2.24) is 0 Å². The molecule has 0 aliphatic carbocycles. The molecular formula is C24H27N5O3. The summed E-state index contributed by atoms with van der Waals surface area (Å²) in [6.45, 7) is 3.50. The number of anilines is 3. The van der Waals surface area contributed by atoms with E-state index in [-0.39, 0.29) is 30.1 Å². The first-order chi connectivity index (χ1) is 15.4. The number of hydrogen-bond donors (Lipinski definition) is 2. The van der Waals surface area contributed by atoms with E-state index in [1.807, 2.05) is 49.4 Å². The zero-order valence-electron chi connectivity index (χ0n) is 18.1. The molecule has 32 heavy (non-hydrogen) atoms. The minimum Gasteiger partial charge on any atom is -0.371 e. The lowest BCUT2D eigenvalue weighted by Gasteiger charge is -2.32. The van der Waals surface area contributed by atoms with E-state index in [1.165, 1.54) is 5.01 Å². The van der Waals surface area contributed by atoms with Crippen molar-refractivity contribution >= 4 is 40.5 Å². The van der Waals surface area contributed by atoms with Crippen molar-refractivity contribution in [3.63, 3.8) is 0 Å². The number of nitrogens with two attached hydrogens (primary N) is 1. The summed E-state index contributed by atoms with van der Waals surface area (Å²) in [6.07, 6.45) is 2.05. The standard InChI is InChI=1S/C24H27N5O3/c1-16-3-2-4-20(15-16)29-22(30)10-9-21(27-29)24(32)26-18-5-7-19(8-6-18)28-13-11-17(12-14-28)23(25)31/h2-8,15,17H,9-14H2,1H3,(H2,25,31)(H,26,32). The van der Waals surface area contributed by atoms with Crippen molar-refractivity contribution in [2.24, 2.45) is 16.8 Å². The number of carbonyl (C=O) groups excluding carboxylic acids is 3. The average Bonchev–Trinajstić information content (AvgIpc) is 2.80. The second-order valence-electron chi connectivity index (χ2n) is 8.26. The molecule has 0 spiro atoms. The van der Waals surface area contributed by atoms with E-state index in [1.54, 1.807) is 6.07 Å². The summed E-state index contributed by atoms with van der Waals surface area (Å²) in [4.78, 5) is 38.7. The van der Waals surface area contributed by atoms with Crippen molar-refractivity contribution in [1.29, 1.82) is 0 Å². The second kappa shape index (κ2) is 9.21. The maximum Gasteiger partial charge on any atom is 0.271 e. The van der Waals surface area contributed by atoms with Gasteiger partial charge in [0, 0.05) is 43.2 Å². The van der Waals surface area contributed by atoms with E-state index in [4.69, 9.17) is 5.73 Å². The summed E-state index contributed by atoms with van der Waals surface area (Å²) < 4.78 is 0. The molecule has 2 aromatic carbocycles. The molecule has 2 aliphatic rings.